The third-order valence-corrected chi connectivity index (χ3v) is 5.42. The zero-order valence-electron chi connectivity index (χ0n) is 15.6. The highest BCUT2D eigenvalue weighted by Gasteiger charge is 2.42. The maximum Gasteiger partial charge on any atom is 0.255 e. The van der Waals surface area contributed by atoms with Crippen LogP contribution in [0.25, 0.3) is 0 Å². The zero-order valence-corrected chi connectivity index (χ0v) is 15.6. The molecule has 6 nitrogen and oxygen atoms in total. The van der Waals surface area contributed by atoms with Crippen LogP contribution in [-0.2, 0) is 5.41 Å². The number of aromatic nitrogens is 3. The number of fused-ring (bicyclic) bond motifs is 1. The molecule has 6 heteroatoms. The van der Waals surface area contributed by atoms with Gasteiger partial charge in [-0.2, -0.15) is 5.10 Å². The van der Waals surface area contributed by atoms with Crippen LogP contribution in [0.2, 0.25) is 0 Å². The molecule has 0 spiro atoms. The largest absolute Gasteiger partial charge is 0.354 e. The highest BCUT2D eigenvalue weighted by molar-refractivity contribution is 5.94. The Balaban J connectivity index is 1.40. The van der Waals surface area contributed by atoms with Crippen LogP contribution in [0.4, 0.5) is 5.82 Å². The second-order valence-electron chi connectivity index (χ2n) is 8.40. The number of rotatable bonds is 2. The minimum atomic E-state index is 0.0141. The number of pyridine rings is 1. The summed E-state index contributed by atoms with van der Waals surface area (Å²) < 4.78 is 0. The Labute approximate surface area is 154 Å². The van der Waals surface area contributed by atoms with E-state index in [9.17, 15) is 4.79 Å². The first-order chi connectivity index (χ1) is 12.4. The molecule has 4 rings (SSSR count). The van der Waals surface area contributed by atoms with Crippen LogP contribution >= 0.6 is 0 Å². The van der Waals surface area contributed by atoms with Crippen molar-refractivity contribution in [2.45, 2.75) is 26.2 Å². The normalized spacial score (nSPS) is 22.6. The number of hydrogen-bond donors (Lipinski definition) is 0. The minimum absolute atomic E-state index is 0.0141. The lowest BCUT2D eigenvalue weighted by Gasteiger charge is -2.23. The van der Waals surface area contributed by atoms with Gasteiger partial charge in [0.15, 0.2) is 5.82 Å². The number of hydrogen-bond acceptors (Lipinski definition) is 5. The molecule has 0 saturated carbocycles. The van der Waals surface area contributed by atoms with Crippen molar-refractivity contribution in [2.75, 3.05) is 31.1 Å². The molecule has 0 aromatic carbocycles. The van der Waals surface area contributed by atoms with Crippen LogP contribution in [0.5, 0.6) is 0 Å². The van der Waals surface area contributed by atoms with Gasteiger partial charge in [0.1, 0.15) is 0 Å². The van der Waals surface area contributed by atoms with Gasteiger partial charge in [-0.15, -0.1) is 5.10 Å². The molecule has 0 N–H and O–H groups in total. The molecule has 0 aliphatic carbocycles. The summed E-state index contributed by atoms with van der Waals surface area (Å²) >= 11 is 0. The fourth-order valence-corrected chi connectivity index (χ4v) is 3.91. The molecule has 4 heterocycles. The highest BCUT2D eigenvalue weighted by atomic mass is 16.2. The van der Waals surface area contributed by atoms with Gasteiger partial charge in [-0.05, 0) is 24.3 Å². The molecule has 1 amide bonds. The Morgan fingerprint density at radius 2 is 1.77 bits per heavy atom. The lowest BCUT2D eigenvalue weighted by molar-refractivity contribution is 0.0782. The summed E-state index contributed by atoms with van der Waals surface area (Å²) in [6.07, 6.45) is 3.34. The fraction of sp³-hybridized carbons (Fsp3) is 0.500. The number of anilines is 1. The van der Waals surface area contributed by atoms with Crippen LogP contribution in [-0.4, -0.2) is 52.2 Å². The van der Waals surface area contributed by atoms with E-state index in [1.165, 1.54) is 0 Å². The molecule has 2 aliphatic heterocycles. The van der Waals surface area contributed by atoms with Gasteiger partial charge >= 0.3 is 0 Å². The smallest absolute Gasteiger partial charge is 0.255 e. The van der Waals surface area contributed by atoms with Crippen molar-refractivity contribution in [2.24, 2.45) is 11.8 Å². The average Bonchev–Trinajstić information content (AvgIpc) is 3.20. The third-order valence-electron chi connectivity index (χ3n) is 5.42. The maximum atomic E-state index is 12.6. The molecule has 2 atom stereocenters. The molecule has 2 unspecified atom stereocenters. The summed E-state index contributed by atoms with van der Waals surface area (Å²) in [6, 6.07) is 7.80. The zero-order chi connectivity index (χ0) is 18.3. The van der Waals surface area contributed by atoms with Gasteiger partial charge in [0.25, 0.3) is 5.91 Å². The summed E-state index contributed by atoms with van der Waals surface area (Å²) in [7, 11) is 0. The molecule has 136 valence electrons. The van der Waals surface area contributed by atoms with Crippen molar-refractivity contribution in [3.05, 3.63) is 47.9 Å². The van der Waals surface area contributed by atoms with Gasteiger partial charge in [0.05, 0.1) is 11.3 Å². The molecule has 0 radical (unpaired) electrons. The van der Waals surface area contributed by atoms with Crippen LogP contribution < -0.4 is 4.90 Å². The number of likely N-dealkylation sites (tertiary alicyclic amines) is 1. The number of nitrogens with zero attached hydrogens (tertiary/aromatic N) is 5. The summed E-state index contributed by atoms with van der Waals surface area (Å²) in [4.78, 5) is 20.9. The van der Waals surface area contributed by atoms with E-state index in [4.69, 9.17) is 0 Å². The predicted octanol–water partition coefficient (Wildman–Crippen LogP) is 2.38. The second-order valence-corrected chi connectivity index (χ2v) is 8.40. The average molecular weight is 351 g/mol. The Morgan fingerprint density at radius 1 is 1.04 bits per heavy atom. The Bertz CT molecular complexity index is 770. The molecular weight excluding hydrogens is 326 g/mol. The van der Waals surface area contributed by atoms with Crippen LogP contribution in [0, 0.1) is 11.8 Å². The van der Waals surface area contributed by atoms with E-state index in [1.54, 1.807) is 12.4 Å². The van der Waals surface area contributed by atoms with E-state index in [-0.39, 0.29) is 11.3 Å². The highest BCUT2D eigenvalue weighted by Crippen LogP contribution is 2.34. The van der Waals surface area contributed by atoms with Crippen molar-refractivity contribution < 1.29 is 4.79 Å². The molecule has 2 aromatic rings. The van der Waals surface area contributed by atoms with Crippen molar-refractivity contribution >= 4 is 11.7 Å². The molecule has 0 bridgehead atoms. The summed E-state index contributed by atoms with van der Waals surface area (Å²) in [6.45, 7) is 9.92. The SMILES string of the molecule is CC(C)(C)c1ccc(N2CC3CN(C(=O)c4cccnc4)CC3C2)nn1. The van der Waals surface area contributed by atoms with E-state index in [0.717, 1.165) is 37.7 Å². The first kappa shape index (κ1) is 16.9. The first-order valence-electron chi connectivity index (χ1n) is 9.20. The molecule has 2 saturated heterocycles. The minimum Gasteiger partial charge on any atom is -0.354 e. The monoisotopic (exact) mass is 351 g/mol. The van der Waals surface area contributed by atoms with Crippen LogP contribution in [0.3, 0.4) is 0 Å². The predicted molar refractivity (Wildman–Crippen MR) is 100 cm³/mol. The van der Waals surface area contributed by atoms with E-state index >= 15 is 0 Å². The number of carbonyl (C=O) groups excluding carboxylic acids is 1. The summed E-state index contributed by atoms with van der Waals surface area (Å²) in [5.41, 5.74) is 1.70. The Morgan fingerprint density at radius 3 is 2.31 bits per heavy atom. The third kappa shape index (κ3) is 3.16. The van der Waals surface area contributed by atoms with Crippen LogP contribution in [0.1, 0.15) is 36.8 Å². The quantitative estimate of drug-likeness (QED) is 0.831. The lowest BCUT2D eigenvalue weighted by atomic mass is 9.92. The Hall–Kier alpha value is -2.50. The summed E-state index contributed by atoms with van der Waals surface area (Å²) in [5, 5.41) is 8.85. The number of carbonyl (C=O) groups is 1. The van der Waals surface area contributed by atoms with Crippen molar-refractivity contribution in [3.8, 4) is 0 Å². The van der Waals surface area contributed by atoms with Crippen molar-refractivity contribution in [1.29, 1.82) is 0 Å². The van der Waals surface area contributed by atoms with Gasteiger partial charge in [0, 0.05) is 55.8 Å². The maximum absolute atomic E-state index is 12.6. The van der Waals surface area contributed by atoms with Gasteiger partial charge in [-0.25, -0.2) is 0 Å². The second kappa shape index (κ2) is 6.34. The molecule has 26 heavy (non-hydrogen) atoms. The molecule has 2 fully saturated rings. The Kier molecular flexibility index (Phi) is 4.13. The van der Waals surface area contributed by atoms with Gasteiger partial charge < -0.3 is 9.80 Å². The van der Waals surface area contributed by atoms with E-state index in [2.05, 4.69) is 53.0 Å². The van der Waals surface area contributed by atoms with Crippen molar-refractivity contribution in [1.82, 2.24) is 20.1 Å². The standard InChI is InChI=1S/C20H25N5O/c1-20(2,3)17-6-7-18(23-22-17)24-10-15-12-25(13-16(15)11-24)19(26)14-5-4-8-21-9-14/h4-9,15-16H,10-13H2,1-3H3. The van der Waals surface area contributed by atoms with Gasteiger partial charge in [-0.3, -0.25) is 9.78 Å². The molecule has 2 aliphatic rings. The van der Waals surface area contributed by atoms with E-state index in [1.807, 2.05) is 17.0 Å². The van der Waals surface area contributed by atoms with E-state index < -0.39 is 0 Å². The topological polar surface area (TPSA) is 62.2 Å². The van der Waals surface area contributed by atoms with E-state index in [0.29, 0.717) is 17.4 Å². The fourth-order valence-electron chi connectivity index (χ4n) is 3.91. The van der Waals surface area contributed by atoms with Gasteiger partial charge in [-0.1, -0.05) is 20.8 Å². The number of amides is 1. The summed E-state index contributed by atoms with van der Waals surface area (Å²) in [5.74, 6) is 2.03. The van der Waals surface area contributed by atoms with Crippen molar-refractivity contribution in [3.63, 3.8) is 0 Å². The lowest BCUT2D eigenvalue weighted by Crippen LogP contribution is -2.33. The molecule has 2 aromatic heterocycles. The van der Waals surface area contributed by atoms with Crippen LogP contribution in [0.15, 0.2) is 36.7 Å². The first-order valence-corrected chi connectivity index (χ1v) is 9.20. The molecular formula is C20H25N5O. The van der Waals surface area contributed by atoms with Gasteiger partial charge in [0.2, 0.25) is 0 Å².